The third kappa shape index (κ3) is 5.30. The Kier molecular flexibility index (Phi) is 7.21. The summed E-state index contributed by atoms with van der Waals surface area (Å²) in [5.41, 5.74) is -0.00120. The minimum absolute atomic E-state index is 0.104. The van der Waals surface area contributed by atoms with Crippen LogP contribution in [0.2, 0.25) is 0 Å². The first-order chi connectivity index (χ1) is 21.2. The summed E-state index contributed by atoms with van der Waals surface area (Å²) in [5.74, 6) is -1.95. The maximum Gasteiger partial charge on any atom is 0.258 e. The molecule has 6 rings (SSSR count). The fourth-order valence-electron chi connectivity index (χ4n) is 4.72. The van der Waals surface area contributed by atoms with Gasteiger partial charge in [0.15, 0.2) is 34.6 Å². The van der Waals surface area contributed by atoms with E-state index in [-0.39, 0.29) is 34.3 Å². The molecule has 0 atom stereocenters. The molecular formula is C31H25F2N5O6. The summed E-state index contributed by atoms with van der Waals surface area (Å²) < 4.78 is 44.9. The summed E-state index contributed by atoms with van der Waals surface area (Å²) in [6.45, 7) is 0. The first-order valence-electron chi connectivity index (χ1n) is 13.4. The molecule has 0 bridgehead atoms. The normalized spacial score (nSPS) is 14.0. The molecule has 3 amide bonds. The van der Waals surface area contributed by atoms with Crippen molar-refractivity contribution in [1.29, 1.82) is 0 Å². The minimum Gasteiger partial charge on any atom is -0.493 e. The summed E-state index contributed by atoms with van der Waals surface area (Å²) in [6, 6.07) is 13.6. The smallest absolute Gasteiger partial charge is 0.258 e. The van der Waals surface area contributed by atoms with Gasteiger partial charge < -0.3 is 35.5 Å². The van der Waals surface area contributed by atoms with Gasteiger partial charge in [-0.25, -0.2) is 13.8 Å². The van der Waals surface area contributed by atoms with Crippen LogP contribution in [0.1, 0.15) is 23.2 Å². The number of carbonyl (C=O) groups excluding carboxylic acids is 3. The van der Waals surface area contributed by atoms with Gasteiger partial charge in [0, 0.05) is 35.8 Å². The molecule has 0 unspecified atom stereocenters. The van der Waals surface area contributed by atoms with E-state index in [1.54, 1.807) is 6.07 Å². The standard InChI is InChI=1S/C31H25F2N5O6/c1-42-24-14-19-21(15-25(24)43-2)37-27-26(38-28(19)39)23(9-12-34-27)44-22-8-7-18(13-20(22)33)36-30(41)31(10-11-31)29(40)35-17-5-3-16(32)4-6-17/h3-9,12-15H,10-11H2,1-2H3,(H,34,37)(H,35,40)(H,36,41)(H,38,39). The summed E-state index contributed by atoms with van der Waals surface area (Å²) in [4.78, 5) is 43.2. The molecule has 0 saturated heterocycles. The Labute approximate surface area is 249 Å². The number of nitrogens with one attached hydrogen (secondary N) is 4. The lowest BCUT2D eigenvalue weighted by Gasteiger charge is -2.16. The highest BCUT2D eigenvalue weighted by atomic mass is 19.1. The number of nitrogens with zero attached hydrogens (tertiary/aromatic N) is 1. The van der Waals surface area contributed by atoms with Crippen molar-refractivity contribution < 1.29 is 37.4 Å². The lowest BCUT2D eigenvalue weighted by molar-refractivity contribution is -0.131. The molecule has 4 N–H and O–H groups in total. The topological polar surface area (TPSA) is 140 Å². The molecule has 13 heteroatoms. The molecule has 0 radical (unpaired) electrons. The van der Waals surface area contributed by atoms with Gasteiger partial charge in [0.25, 0.3) is 5.91 Å². The van der Waals surface area contributed by atoms with Crippen molar-refractivity contribution in [2.24, 2.45) is 5.41 Å². The van der Waals surface area contributed by atoms with Crippen LogP contribution in [0.15, 0.2) is 66.9 Å². The number of methoxy groups -OCH3 is 2. The van der Waals surface area contributed by atoms with Gasteiger partial charge in [-0.15, -0.1) is 0 Å². The van der Waals surface area contributed by atoms with Crippen LogP contribution in [0.4, 0.5) is 37.3 Å². The first kappa shape index (κ1) is 28.4. The summed E-state index contributed by atoms with van der Waals surface area (Å²) in [7, 11) is 2.93. The second-order valence-electron chi connectivity index (χ2n) is 10.1. The fraction of sp³-hybridized carbons (Fsp3) is 0.161. The monoisotopic (exact) mass is 601 g/mol. The Balaban J connectivity index is 1.18. The largest absolute Gasteiger partial charge is 0.493 e. The van der Waals surface area contributed by atoms with E-state index in [9.17, 15) is 18.8 Å². The van der Waals surface area contributed by atoms with Crippen molar-refractivity contribution in [2.75, 3.05) is 35.5 Å². The van der Waals surface area contributed by atoms with Crippen molar-refractivity contribution in [3.63, 3.8) is 0 Å². The quantitative estimate of drug-likeness (QED) is 0.185. The Bertz CT molecular complexity index is 1810. The highest BCUT2D eigenvalue weighted by Crippen LogP contribution is 2.48. The van der Waals surface area contributed by atoms with Gasteiger partial charge in [-0.3, -0.25) is 14.4 Å². The number of halogens is 2. The second kappa shape index (κ2) is 11.2. The number of hydrogen-bond donors (Lipinski definition) is 4. The maximum absolute atomic E-state index is 15.2. The number of amides is 3. The van der Waals surface area contributed by atoms with Crippen molar-refractivity contribution in [3.8, 4) is 23.0 Å². The number of ether oxygens (including phenoxy) is 3. The average molecular weight is 602 g/mol. The van der Waals surface area contributed by atoms with Gasteiger partial charge >= 0.3 is 0 Å². The van der Waals surface area contributed by atoms with E-state index in [0.29, 0.717) is 35.7 Å². The van der Waals surface area contributed by atoms with E-state index >= 15 is 4.39 Å². The minimum atomic E-state index is -1.31. The van der Waals surface area contributed by atoms with E-state index in [4.69, 9.17) is 14.2 Å². The van der Waals surface area contributed by atoms with Crippen molar-refractivity contribution in [1.82, 2.24) is 4.98 Å². The molecular weight excluding hydrogens is 576 g/mol. The fourth-order valence-corrected chi connectivity index (χ4v) is 4.72. The van der Waals surface area contributed by atoms with Crippen LogP contribution < -0.4 is 35.5 Å². The summed E-state index contributed by atoms with van der Waals surface area (Å²) in [5, 5.41) is 11.0. The molecule has 4 aromatic rings. The zero-order valence-corrected chi connectivity index (χ0v) is 23.4. The van der Waals surface area contributed by atoms with Gasteiger partial charge in [0.05, 0.1) is 25.5 Å². The number of carbonyl (C=O) groups is 3. The Morgan fingerprint density at radius 2 is 1.48 bits per heavy atom. The van der Waals surface area contributed by atoms with Crippen LogP contribution in [-0.4, -0.2) is 36.9 Å². The maximum atomic E-state index is 15.2. The highest BCUT2D eigenvalue weighted by Gasteiger charge is 2.56. The molecule has 1 saturated carbocycles. The molecule has 1 aromatic heterocycles. The Morgan fingerprint density at radius 3 is 2.14 bits per heavy atom. The zero-order valence-electron chi connectivity index (χ0n) is 23.4. The van der Waals surface area contributed by atoms with E-state index in [1.165, 1.54) is 68.9 Å². The van der Waals surface area contributed by atoms with Crippen molar-refractivity contribution in [3.05, 3.63) is 84.1 Å². The number of rotatable bonds is 8. The average Bonchev–Trinajstić information content (AvgIpc) is 3.84. The molecule has 1 aliphatic carbocycles. The molecule has 3 aromatic carbocycles. The van der Waals surface area contributed by atoms with Crippen LogP contribution in [0.3, 0.4) is 0 Å². The molecule has 11 nitrogen and oxygen atoms in total. The van der Waals surface area contributed by atoms with E-state index in [2.05, 4.69) is 26.3 Å². The van der Waals surface area contributed by atoms with Crippen LogP contribution in [0.25, 0.3) is 0 Å². The van der Waals surface area contributed by atoms with Gasteiger partial charge in [0.1, 0.15) is 16.9 Å². The molecule has 1 fully saturated rings. The molecule has 1 aliphatic heterocycles. The van der Waals surface area contributed by atoms with Gasteiger partial charge in [-0.05, 0) is 55.3 Å². The molecule has 2 heterocycles. The highest BCUT2D eigenvalue weighted by molar-refractivity contribution is 6.17. The lowest BCUT2D eigenvalue weighted by atomic mass is 10.0. The number of aromatic nitrogens is 1. The van der Waals surface area contributed by atoms with Crippen molar-refractivity contribution in [2.45, 2.75) is 12.8 Å². The first-order valence-corrected chi connectivity index (χ1v) is 13.4. The van der Waals surface area contributed by atoms with Gasteiger partial charge in [-0.1, -0.05) is 0 Å². The number of hydrogen-bond acceptors (Lipinski definition) is 8. The third-order valence-corrected chi connectivity index (χ3v) is 7.30. The lowest BCUT2D eigenvalue weighted by Crippen LogP contribution is -2.35. The van der Waals surface area contributed by atoms with Crippen LogP contribution in [0, 0.1) is 17.0 Å². The second-order valence-corrected chi connectivity index (χ2v) is 10.1. The van der Waals surface area contributed by atoms with E-state index < -0.39 is 34.8 Å². The van der Waals surface area contributed by atoms with Crippen LogP contribution in [-0.2, 0) is 9.59 Å². The van der Waals surface area contributed by atoms with E-state index in [0.717, 1.165) is 6.07 Å². The number of pyridine rings is 1. The number of anilines is 5. The van der Waals surface area contributed by atoms with Gasteiger partial charge in [-0.2, -0.15) is 0 Å². The Hall–Kier alpha value is -5.72. The molecule has 44 heavy (non-hydrogen) atoms. The molecule has 224 valence electrons. The predicted molar refractivity (Wildman–Crippen MR) is 157 cm³/mol. The van der Waals surface area contributed by atoms with E-state index in [1.807, 2.05) is 0 Å². The Morgan fingerprint density at radius 1 is 0.818 bits per heavy atom. The van der Waals surface area contributed by atoms with Crippen molar-refractivity contribution >= 4 is 46.3 Å². The zero-order chi connectivity index (χ0) is 31.0. The summed E-state index contributed by atoms with van der Waals surface area (Å²) >= 11 is 0. The predicted octanol–water partition coefficient (Wildman–Crippen LogP) is 5.84. The summed E-state index contributed by atoms with van der Waals surface area (Å²) in [6.07, 6.45) is 2.05. The van der Waals surface area contributed by atoms with Crippen LogP contribution >= 0.6 is 0 Å². The SMILES string of the molecule is COc1cc2c(cc1OC)C(=O)Nc1c(Oc3ccc(NC(=O)C4(C(=O)Nc5ccc(F)cc5)CC4)cc3F)ccnc1N2. The number of fused-ring (bicyclic) bond motifs is 2. The third-order valence-electron chi connectivity index (χ3n) is 7.30. The molecule has 0 spiro atoms. The van der Waals surface area contributed by atoms with Crippen LogP contribution in [0.5, 0.6) is 23.0 Å². The molecule has 2 aliphatic rings. The number of benzene rings is 3. The van der Waals surface area contributed by atoms with Gasteiger partial charge in [0.2, 0.25) is 11.8 Å².